The zero-order valence-electron chi connectivity index (χ0n) is 29.2. The number of carbonyl (C=O) groups is 2. The van der Waals surface area contributed by atoms with Gasteiger partial charge in [0.1, 0.15) is 24.2 Å². The van der Waals surface area contributed by atoms with Gasteiger partial charge in [-0.05, 0) is 61.3 Å². The number of carbonyl (C=O) groups excluding carboxylic acids is 2. The van der Waals surface area contributed by atoms with E-state index in [1.807, 2.05) is 54.6 Å². The third-order valence-electron chi connectivity index (χ3n) is 8.94. The number of anilines is 2. The Balaban J connectivity index is 1.01. The van der Waals surface area contributed by atoms with Crippen LogP contribution in [0, 0.1) is 0 Å². The van der Waals surface area contributed by atoms with Crippen LogP contribution < -0.4 is 36.3 Å². The fraction of sp³-hybridized carbons (Fsp3) is 0.275. The number of fused-ring (bicyclic) bond motifs is 1. The van der Waals surface area contributed by atoms with Gasteiger partial charge < -0.3 is 40.3 Å². The summed E-state index contributed by atoms with van der Waals surface area (Å²) >= 11 is 6.56. The highest BCUT2D eigenvalue weighted by atomic mass is 35.5. The van der Waals surface area contributed by atoms with Crippen LogP contribution in [-0.4, -0.2) is 61.5 Å². The molecule has 5 aromatic rings. The van der Waals surface area contributed by atoms with Gasteiger partial charge in [0.25, 0.3) is 0 Å². The maximum absolute atomic E-state index is 12.8. The molecule has 12 nitrogen and oxygen atoms in total. The molecule has 53 heavy (non-hydrogen) atoms. The highest BCUT2D eigenvalue weighted by Crippen LogP contribution is 2.33. The average Bonchev–Trinajstić information content (AvgIpc) is 3.17. The second kappa shape index (κ2) is 17.9. The second-order valence-corrected chi connectivity index (χ2v) is 13.0. The van der Waals surface area contributed by atoms with Crippen molar-refractivity contribution in [2.24, 2.45) is 0 Å². The van der Waals surface area contributed by atoms with Crippen molar-refractivity contribution in [3.8, 4) is 22.6 Å². The van der Waals surface area contributed by atoms with Crippen molar-refractivity contribution in [3.05, 3.63) is 117 Å². The number of para-hydroxylation sites is 1. The highest BCUT2D eigenvalue weighted by Gasteiger charge is 2.20. The lowest BCUT2D eigenvalue weighted by Gasteiger charge is -2.25. The fourth-order valence-corrected chi connectivity index (χ4v) is 6.49. The van der Waals surface area contributed by atoms with Crippen molar-refractivity contribution in [3.63, 3.8) is 0 Å². The lowest BCUT2D eigenvalue weighted by Crippen LogP contribution is -2.34. The molecule has 1 saturated heterocycles. The van der Waals surface area contributed by atoms with E-state index in [4.69, 9.17) is 25.8 Å². The van der Waals surface area contributed by atoms with Gasteiger partial charge in [0, 0.05) is 41.7 Å². The lowest BCUT2D eigenvalue weighted by atomic mass is 10.0. The molecule has 0 bridgehead atoms. The Bertz CT molecular complexity index is 2100. The van der Waals surface area contributed by atoms with Crippen molar-refractivity contribution in [2.45, 2.75) is 38.0 Å². The van der Waals surface area contributed by atoms with Crippen LogP contribution in [0.4, 0.5) is 16.2 Å². The first-order valence-corrected chi connectivity index (χ1v) is 17.8. The number of hydrogen-bond acceptors (Lipinski definition) is 9. The molecule has 2 amide bonds. The number of methoxy groups -OCH3 is 1. The van der Waals surface area contributed by atoms with E-state index in [1.54, 1.807) is 30.3 Å². The molecule has 0 aliphatic carbocycles. The average molecular weight is 740 g/mol. The van der Waals surface area contributed by atoms with Crippen molar-refractivity contribution in [1.82, 2.24) is 15.6 Å². The van der Waals surface area contributed by atoms with Crippen LogP contribution in [0.3, 0.4) is 0 Å². The van der Waals surface area contributed by atoms with Crippen molar-refractivity contribution in [2.75, 3.05) is 44.0 Å². The molecule has 0 radical (unpaired) electrons. The van der Waals surface area contributed by atoms with Crippen LogP contribution in [-0.2, 0) is 16.1 Å². The Morgan fingerprint density at radius 1 is 0.925 bits per heavy atom. The molecule has 0 spiro atoms. The predicted octanol–water partition coefficient (Wildman–Crippen LogP) is 6.39. The van der Waals surface area contributed by atoms with Crippen LogP contribution in [0.5, 0.6) is 11.5 Å². The first-order valence-electron chi connectivity index (χ1n) is 17.5. The number of rotatable bonds is 14. The minimum Gasteiger partial charge on any atom is -0.496 e. The molecule has 1 atom stereocenters. The number of piperidine rings is 1. The number of nitrogens with one attached hydrogen (secondary N) is 5. The third kappa shape index (κ3) is 9.73. The number of ether oxygens (including phenoxy) is 3. The standard InChI is InChI=1S/C40H42ClN5O7/c1-51-36-22-33(44-38(49)17-20-52-40(50)45-32-10-6-5-9-28(32)25-7-3-2-4-8-25)31(41)21-26(36)23-43-24-34(47)29-11-13-35(53-27-15-18-42-19-16-27)39-30(29)12-14-37(48)46-39/h2-14,21-22,27,34,42-43,47H,15-20,23-24H2,1H3,(H,44,49)(H,45,50)(H,46,48). The summed E-state index contributed by atoms with van der Waals surface area (Å²) in [5, 5.41) is 24.2. The normalized spacial score (nSPS) is 13.6. The van der Waals surface area contributed by atoms with Gasteiger partial charge in [-0.2, -0.15) is 0 Å². The topological polar surface area (TPSA) is 163 Å². The second-order valence-electron chi connectivity index (χ2n) is 12.6. The first kappa shape index (κ1) is 37.4. The summed E-state index contributed by atoms with van der Waals surface area (Å²) in [6.45, 7) is 2.09. The monoisotopic (exact) mass is 739 g/mol. The van der Waals surface area contributed by atoms with Gasteiger partial charge in [0.15, 0.2) is 0 Å². The van der Waals surface area contributed by atoms with Crippen molar-refractivity contribution in [1.29, 1.82) is 0 Å². The molecule has 1 aliphatic heterocycles. The molecule has 4 aromatic carbocycles. The summed E-state index contributed by atoms with van der Waals surface area (Å²) in [5.41, 5.74) is 4.37. The molecule has 2 heterocycles. The predicted molar refractivity (Wildman–Crippen MR) is 206 cm³/mol. The Kier molecular flexibility index (Phi) is 12.6. The van der Waals surface area contributed by atoms with E-state index in [0.29, 0.717) is 51.4 Å². The number of hydrogen-bond donors (Lipinski definition) is 6. The van der Waals surface area contributed by atoms with Crippen molar-refractivity contribution < 1.29 is 28.9 Å². The summed E-state index contributed by atoms with van der Waals surface area (Å²) < 4.78 is 17.1. The number of aromatic nitrogens is 1. The van der Waals surface area contributed by atoms with Crippen LogP contribution in [0.25, 0.3) is 22.0 Å². The van der Waals surface area contributed by atoms with Gasteiger partial charge in [0.2, 0.25) is 11.5 Å². The molecule has 6 N–H and O–H groups in total. The Hall–Kier alpha value is -5.40. The number of aliphatic hydroxyl groups is 1. The van der Waals surface area contributed by atoms with Gasteiger partial charge in [-0.25, -0.2) is 4.79 Å². The quantitative estimate of drug-likeness (QED) is 0.0758. The molecule has 1 fully saturated rings. The number of amides is 2. The molecule has 1 unspecified atom stereocenters. The molecular formula is C40H42ClN5O7. The summed E-state index contributed by atoms with van der Waals surface area (Å²) in [4.78, 5) is 40.4. The van der Waals surface area contributed by atoms with E-state index in [0.717, 1.165) is 37.1 Å². The minimum atomic E-state index is -0.903. The largest absolute Gasteiger partial charge is 0.496 e. The number of aromatic amines is 1. The van der Waals surface area contributed by atoms with Crippen LogP contribution in [0.1, 0.15) is 36.5 Å². The summed E-state index contributed by atoms with van der Waals surface area (Å²) in [5.74, 6) is 0.654. The van der Waals surface area contributed by atoms with E-state index in [9.17, 15) is 19.5 Å². The third-order valence-corrected chi connectivity index (χ3v) is 9.25. The number of benzene rings is 4. The lowest BCUT2D eigenvalue weighted by molar-refractivity contribution is -0.116. The fourth-order valence-electron chi connectivity index (χ4n) is 6.26. The summed E-state index contributed by atoms with van der Waals surface area (Å²) in [6, 6.07) is 27.1. The maximum atomic E-state index is 12.8. The van der Waals surface area contributed by atoms with Gasteiger partial charge in [-0.15, -0.1) is 0 Å². The molecule has 0 saturated carbocycles. The molecular weight excluding hydrogens is 698 g/mol. The number of aliphatic hydroxyl groups excluding tert-OH is 1. The van der Waals surface area contributed by atoms with E-state index < -0.39 is 18.1 Å². The molecule has 6 rings (SSSR count). The van der Waals surface area contributed by atoms with Gasteiger partial charge in [-0.3, -0.25) is 14.9 Å². The summed E-state index contributed by atoms with van der Waals surface area (Å²) in [7, 11) is 1.51. The summed E-state index contributed by atoms with van der Waals surface area (Å²) in [6.07, 6.45) is 0.110. The van der Waals surface area contributed by atoms with Crippen LogP contribution in [0.2, 0.25) is 5.02 Å². The first-order chi connectivity index (χ1) is 25.8. The SMILES string of the molecule is COc1cc(NC(=O)CCOC(=O)Nc2ccccc2-c2ccccc2)c(Cl)cc1CNCC(O)c1ccc(OC2CCNCC2)c2[nH]c(=O)ccc12. The van der Waals surface area contributed by atoms with E-state index in [2.05, 4.69) is 26.3 Å². The van der Waals surface area contributed by atoms with Crippen LogP contribution >= 0.6 is 11.6 Å². The Morgan fingerprint density at radius 2 is 1.70 bits per heavy atom. The Labute approximate surface area is 311 Å². The number of halogens is 1. The van der Waals surface area contributed by atoms with E-state index in [-0.39, 0.29) is 36.3 Å². The van der Waals surface area contributed by atoms with Gasteiger partial charge >= 0.3 is 6.09 Å². The van der Waals surface area contributed by atoms with E-state index in [1.165, 1.54) is 13.2 Å². The number of H-pyrrole nitrogens is 1. The maximum Gasteiger partial charge on any atom is 0.411 e. The smallest absolute Gasteiger partial charge is 0.411 e. The number of pyridine rings is 1. The minimum absolute atomic E-state index is 0.0455. The van der Waals surface area contributed by atoms with Gasteiger partial charge in [-0.1, -0.05) is 66.2 Å². The highest BCUT2D eigenvalue weighted by molar-refractivity contribution is 6.33. The molecule has 1 aliphatic rings. The Morgan fingerprint density at radius 3 is 2.49 bits per heavy atom. The zero-order chi connectivity index (χ0) is 37.2. The van der Waals surface area contributed by atoms with E-state index >= 15 is 0 Å². The molecule has 276 valence electrons. The van der Waals surface area contributed by atoms with Gasteiger partial charge in [0.05, 0.1) is 41.5 Å². The molecule has 13 heteroatoms. The van der Waals surface area contributed by atoms with Crippen molar-refractivity contribution >= 4 is 45.9 Å². The van der Waals surface area contributed by atoms with Crippen LogP contribution in [0.15, 0.2) is 95.8 Å². The molecule has 1 aromatic heterocycles. The zero-order valence-corrected chi connectivity index (χ0v) is 30.0.